The number of hydrogen-bond donors (Lipinski definition) is 0. The molecule has 1 heterocycles. The first kappa shape index (κ1) is 20.6. The van der Waals surface area contributed by atoms with Gasteiger partial charge in [-0.05, 0) is 61.8 Å². The second-order valence-electron chi connectivity index (χ2n) is 8.31. The zero-order valence-electron chi connectivity index (χ0n) is 17.6. The number of aryl methyl sites for hydroxylation is 1. The lowest BCUT2D eigenvalue weighted by Gasteiger charge is -2.39. The Bertz CT molecular complexity index is 1120. The quantitative estimate of drug-likeness (QED) is 0.674. The smallest absolute Gasteiger partial charge is 0.204 e. The van der Waals surface area contributed by atoms with Crippen LogP contribution in [0.25, 0.3) is 5.57 Å². The van der Waals surface area contributed by atoms with Crippen LogP contribution in [-0.2, 0) is 16.4 Å². The van der Waals surface area contributed by atoms with Gasteiger partial charge in [-0.1, -0.05) is 72.3 Å². The zero-order chi connectivity index (χ0) is 21.2. The van der Waals surface area contributed by atoms with E-state index in [1.54, 1.807) is 6.21 Å². The molecular weight excluding hydrogens is 392 g/mol. The number of allylic oxidation sites excluding steroid dienone is 3. The van der Waals surface area contributed by atoms with Crippen LogP contribution in [0.4, 0.5) is 0 Å². The Labute approximate surface area is 179 Å². The van der Waals surface area contributed by atoms with Crippen molar-refractivity contribution in [2.24, 2.45) is 5.10 Å². The van der Waals surface area contributed by atoms with Gasteiger partial charge in [-0.25, -0.2) is 8.42 Å². The van der Waals surface area contributed by atoms with Crippen LogP contribution >= 0.6 is 0 Å². The molecule has 0 radical (unpaired) electrons. The molecule has 0 saturated heterocycles. The van der Waals surface area contributed by atoms with Crippen LogP contribution in [0.3, 0.4) is 0 Å². The van der Waals surface area contributed by atoms with Gasteiger partial charge in [0.15, 0.2) is 0 Å². The molecule has 0 bridgehead atoms. The van der Waals surface area contributed by atoms with Crippen molar-refractivity contribution in [2.45, 2.75) is 44.3 Å². The minimum atomic E-state index is -3.68. The molecule has 5 heteroatoms. The zero-order valence-corrected chi connectivity index (χ0v) is 18.4. The molecule has 2 aliphatic rings. The minimum absolute atomic E-state index is 0.434. The molecule has 0 spiro atoms. The normalized spacial score (nSPS) is 21.9. The van der Waals surface area contributed by atoms with Crippen molar-refractivity contribution in [1.29, 1.82) is 0 Å². The molecule has 0 saturated carbocycles. The van der Waals surface area contributed by atoms with Crippen molar-refractivity contribution in [3.8, 4) is 0 Å². The molecule has 4 rings (SSSR count). The van der Waals surface area contributed by atoms with Crippen molar-refractivity contribution < 1.29 is 8.42 Å². The van der Waals surface area contributed by atoms with Crippen molar-refractivity contribution >= 4 is 21.8 Å². The van der Waals surface area contributed by atoms with Gasteiger partial charge in [-0.15, -0.1) is 0 Å². The summed E-state index contributed by atoms with van der Waals surface area (Å²) in [6.07, 6.45) is 8.48. The van der Waals surface area contributed by atoms with Crippen molar-refractivity contribution in [1.82, 2.24) is 4.41 Å². The van der Waals surface area contributed by atoms with Gasteiger partial charge in [0, 0.05) is 6.21 Å². The molecule has 0 amide bonds. The SMILES string of the molecule is Cc1cccc(C2=CC=C(Cc3ccccc3)[C@@](C)(S(=O)(=O)N3CCCC=N3)C2)c1. The number of rotatable bonds is 5. The van der Waals surface area contributed by atoms with Gasteiger partial charge in [0.2, 0.25) is 0 Å². The Morgan fingerprint density at radius 3 is 2.57 bits per heavy atom. The fraction of sp³-hybridized carbons (Fsp3) is 0.320. The van der Waals surface area contributed by atoms with Crippen LogP contribution < -0.4 is 0 Å². The lowest BCUT2D eigenvalue weighted by Crippen LogP contribution is -2.48. The van der Waals surface area contributed by atoms with Gasteiger partial charge in [0.05, 0.1) is 6.54 Å². The molecule has 0 fully saturated rings. The maximum atomic E-state index is 13.9. The summed E-state index contributed by atoms with van der Waals surface area (Å²) in [4.78, 5) is 0. The lowest BCUT2D eigenvalue weighted by atomic mass is 9.82. The van der Waals surface area contributed by atoms with E-state index in [4.69, 9.17) is 0 Å². The topological polar surface area (TPSA) is 49.7 Å². The molecule has 156 valence electrons. The molecule has 0 aromatic heterocycles. The van der Waals surface area contributed by atoms with E-state index in [1.807, 2.05) is 49.4 Å². The first-order chi connectivity index (χ1) is 14.4. The third-order valence-electron chi connectivity index (χ3n) is 6.06. The van der Waals surface area contributed by atoms with Gasteiger partial charge < -0.3 is 0 Å². The Kier molecular flexibility index (Phi) is 5.65. The highest BCUT2D eigenvalue weighted by Gasteiger charge is 2.47. The van der Waals surface area contributed by atoms with Gasteiger partial charge in [0.25, 0.3) is 10.0 Å². The maximum Gasteiger partial charge on any atom is 0.259 e. The van der Waals surface area contributed by atoms with E-state index in [1.165, 1.54) is 4.41 Å². The standard InChI is InChI=1S/C25H28N2O2S/c1-20-9-8-12-22(17-20)23-13-14-24(18-21-10-4-3-5-11-21)25(2,19-23)30(28,29)27-16-7-6-15-26-27/h3-5,8-15,17H,6-7,16,18-19H2,1-2H3/t25-/m0/s1. The molecule has 1 atom stereocenters. The summed E-state index contributed by atoms with van der Waals surface area (Å²) in [6.45, 7) is 4.36. The monoisotopic (exact) mass is 420 g/mol. The van der Waals surface area contributed by atoms with E-state index in [9.17, 15) is 8.42 Å². The first-order valence-corrected chi connectivity index (χ1v) is 11.9. The lowest BCUT2D eigenvalue weighted by molar-refractivity contribution is 0.395. The van der Waals surface area contributed by atoms with Gasteiger partial charge >= 0.3 is 0 Å². The molecule has 1 aliphatic heterocycles. The molecule has 30 heavy (non-hydrogen) atoms. The number of hydrogen-bond acceptors (Lipinski definition) is 3. The molecule has 0 unspecified atom stereocenters. The number of nitrogens with zero attached hydrogens (tertiary/aromatic N) is 2. The summed E-state index contributed by atoms with van der Waals surface area (Å²) < 4.78 is 28.0. The molecule has 2 aromatic carbocycles. The summed E-state index contributed by atoms with van der Waals surface area (Å²) in [7, 11) is -3.68. The molecule has 0 N–H and O–H groups in total. The Balaban J connectivity index is 1.78. The van der Waals surface area contributed by atoms with Gasteiger partial charge in [0.1, 0.15) is 4.75 Å². The predicted molar refractivity (Wildman–Crippen MR) is 124 cm³/mol. The highest BCUT2D eigenvalue weighted by atomic mass is 32.2. The fourth-order valence-electron chi connectivity index (χ4n) is 4.21. The Morgan fingerprint density at radius 1 is 1.07 bits per heavy atom. The van der Waals surface area contributed by atoms with Crippen LogP contribution in [-0.4, -0.2) is 30.3 Å². The summed E-state index contributed by atoms with van der Waals surface area (Å²) in [5, 5.41) is 4.25. The largest absolute Gasteiger partial charge is 0.259 e. The second kappa shape index (κ2) is 8.23. The summed E-state index contributed by atoms with van der Waals surface area (Å²) in [5.74, 6) is 0. The fourth-order valence-corrected chi connectivity index (χ4v) is 6.05. The molecular formula is C25H28N2O2S. The van der Waals surface area contributed by atoms with E-state index >= 15 is 0 Å². The third-order valence-corrected chi connectivity index (χ3v) is 8.44. The first-order valence-electron chi connectivity index (χ1n) is 10.5. The Morgan fingerprint density at radius 2 is 1.87 bits per heavy atom. The molecule has 2 aromatic rings. The second-order valence-corrected chi connectivity index (χ2v) is 10.6. The summed E-state index contributed by atoms with van der Waals surface area (Å²) >= 11 is 0. The van der Waals surface area contributed by atoms with Crippen LogP contribution in [0.5, 0.6) is 0 Å². The number of sulfonamides is 1. The van der Waals surface area contributed by atoms with Gasteiger partial charge in [-0.2, -0.15) is 9.52 Å². The third kappa shape index (κ3) is 3.86. The Hall–Kier alpha value is -2.66. The van der Waals surface area contributed by atoms with Crippen molar-refractivity contribution in [3.05, 3.63) is 89.0 Å². The van der Waals surface area contributed by atoms with Crippen LogP contribution in [0.2, 0.25) is 0 Å². The van der Waals surface area contributed by atoms with Crippen molar-refractivity contribution in [3.63, 3.8) is 0 Å². The average Bonchev–Trinajstić information content (AvgIpc) is 2.76. The molecule has 1 aliphatic carbocycles. The van der Waals surface area contributed by atoms with E-state index < -0.39 is 14.8 Å². The van der Waals surface area contributed by atoms with Crippen LogP contribution in [0.1, 0.15) is 42.9 Å². The average molecular weight is 421 g/mol. The van der Waals surface area contributed by atoms with Crippen LogP contribution in [0, 0.1) is 6.92 Å². The van der Waals surface area contributed by atoms with Crippen LogP contribution in [0.15, 0.2) is 77.4 Å². The van der Waals surface area contributed by atoms with Gasteiger partial charge in [-0.3, -0.25) is 0 Å². The molecule has 4 nitrogen and oxygen atoms in total. The van der Waals surface area contributed by atoms with Crippen molar-refractivity contribution in [2.75, 3.05) is 6.54 Å². The maximum absolute atomic E-state index is 13.9. The van der Waals surface area contributed by atoms with E-state index in [0.29, 0.717) is 19.4 Å². The van der Waals surface area contributed by atoms with E-state index in [2.05, 4.69) is 36.3 Å². The minimum Gasteiger partial charge on any atom is -0.204 e. The van der Waals surface area contributed by atoms with E-state index in [0.717, 1.165) is 40.7 Å². The number of hydrazone groups is 1. The predicted octanol–water partition coefficient (Wildman–Crippen LogP) is 5.12. The van der Waals surface area contributed by atoms with E-state index in [-0.39, 0.29) is 0 Å². The highest BCUT2D eigenvalue weighted by molar-refractivity contribution is 7.90. The summed E-state index contributed by atoms with van der Waals surface area (Å²) in [6, 6.07) is 18.3. The highest BCUT2D eigenvalue weighted by Crippen LogP contribution is 2.43. The number of benzene rings is 2. The summed E-state index contributed by atoms with van der Waals surface area (Å²) in [5.41, 5.74) is 5.31.